The molecule has 19 heavy (non-hydrogen) atoms. The Kier molecular flexibility index (Phi) is 4.15. The molecule has 0 aliphatic heterocycles. The molecule has 0 atom stereocenters. The molecule has 0 radical (unpaired) electrons. The molecule has 0 saturated carbocycles. The summed E-state index contributed by atoms with van der Waals surface area (Å²) in [6.45, 7) is 0. The maximum Gasteiger partial charge on any atom is 0.336 e. The van der Waals surface area contributed by atoms with Gasteiger partial charge in [-0.2, -0.15) is 4.98 Å². The number of methoxy groups -OCH3 is 1. The van der Waals surface area contributed by atoms with Crippen molar-refractivity contribution in [3.8, 4) is 6.01 Å². The minimum absolute atomic E-state index is 0.164. The van der Waals surface area contributed by atoms with Gasteiger partial charge in [0, 0.05) is 11.1 Å². The molecular weight excluding hydrogens is 268 g/mol. The highest BCUT2D eigenvalue weighted by molar-refractivity contribution is 6.30. The summed E-state index contributed by atoms with van der Waals surface area (Å²) in [7, 11) is 1.44. The molecule has 2 aromatic rings. The lowest BCUT2D eigenvalue weighted by Gasteiger charge is -1.96. The molecule has 0 aliphatic rings. The highest BCUT2D eigenvalue weighted by Gasteiger charge is 2.04. The van der Waals surface area contributed by atoms with Crippen LogP contribution in [0.3, 0.4) is 0 Å². The van der Waals surface area contributed by atoms with E-state index in [1.165, 1.54) is 13.2 Å². The summed E-state index contributed by atoms with van der Waals surface area (Å²) in [6, 6.07) is 7.28. The summed E-state index contributed by atoms with van der Waals surface area (Å²) < 4.78 is 4.78. The van der Waals surface area contributed by atoms with Gasteiger partial charge in [0.05, 0.1) is 7.11 Å². The van der Waals surface area contributed by atoms with Crippen LogP contribution < -0.4 is 10.1 Å². The lowest BCUT2D eigenvalue weighted by atomic mass is 10.2. The Morgan fingerprint density at radius 2 is 2.16 bits per heavy atom. The number of carbonyl (C=O) groups is 1. The van der Waals surface area contributed by atoms with Crippen LogP contribution in [-0.2, 0) is 4.79 Å². The first-order valence-corrected chi connectivity index (χ1v) is 5.76. The Balaban J connectivity index is 1.95. The van der Waals surface area contributed by atoms with E-state index >= 15 is 0 Å². The number of hydrogen-bond acceptors (Lipinski definition) is 4. The smallest absolute Gasteiger partial charge is 0.336 e. The predicted molar refractivity (Wildman–Crippen MR) is 72.1 cm³/mol. The van der Waals surface area contributed by atoms with Gasteiger partial charge in [0.2, 0.25) is 5.95 Å². The van der Waals surface area contributed by atoms with E-state index in [0.717, 1.165) is 5.56 Å². The van der Waals surface area contributed by atoms with Gasteiger partial charge in [0.15, 0.2) is 0 Å². The Morgan fingerprint density at radius 1 is 1.42 bits per heavy atom. The zero-order valence-corrected chi connectivity index (χ0v) is 10.8. The van der Waals surface area contributed by atoms with Gasteiger partial charge in [-0.15, -0.1) is 5.10 Å². The molecule has 1 amide bonds. The second-order valence-corrected chi connectivity index (χ2v) is 3.98. The zero-order valence-electron chi connectivity index (χ0n) is 10.1. The Hall–Kier alpha value is -2.34. The Labute approximate surface area is 114 Å². The van der Waals surface area contributed by atoms with Crippen LogP contribution >= 0.6 is 11.6 Å². The van der Waals surface area contributed by atoms with Gasteiger partial charge >= 0.3 is 6.01 Å². The molecule has 7 heteroatoms. The predicted octanol–water partition coefficient (Wildman–Crippen LogP) is 2.12. The third-order valence-corrected chi connectivity index (χ3v) is 2.44. The standard InChI is InChI=1S/C12H11ClN4O2/c1-19-12-15-11(16-17-12)14-10(18)7-4-8-2-5-9(13)6-3-8/h2-7H,1H3,(H2,14,15,16,17,18)/b7-4+. The molecule has 0 spiro atoms. The van der Waals surface area contributed by atoms with Crippen molar-refractivity contribution in [2.75, 3.05) is 12.4 Å². The van der Waals surface area contributed by atoms with Gasteiger partial charge in [-0.3, -0.25) is 10.1 Å². The van der Waals surface area contributed by atoms with Crippen LogP contribution in [0.25, 0.3) is 6.08 Å². The number of halogens is 1. The molecule has 0 saturated heterocycles. The summed E-state index contributed by atoms with van der Waals surface area (Å²) in [4.78, 5) is 15.5. The topological polar surface area (TPSA) is 79.9 Å². The average Bonchev–Trinajstić information content (AvgIpc) is 2.86. The summed E-state index contributed by atoms with van der Waals surface area (Å²) in [5.41, 5.74) is 0.870. The number of nitrogens with one attached hydrogen (secondary N) is 2. The first kappa shape index (κ1) is 13.1. The number of H-pyrrole nitrogens is 1. The monoisotopic (exact) mass is 278 g/mol. The molecule has 1 heterocycles. The highest BCUT2D eigenvalue weighted by Crippen LogP contribution is 2.10. The van der Waals surface area contributed by atoms with Gasteiger partial charge in [0.25, 0.3) is 5.91 Å². The molecule has 6 nitrogen and oxygen atoms in total. The van der Waals surface area contributed by atoms with Crippen molar-refractivity contribution in [2.24, 2.45) is 0 Å². The minimum atomic E-state index is -0.325. The molecule has 0 aliphatic carbocycles. The Morgan fingerprint density at radius 3 is 2.79 bits per heavy atom. The van der Waals surface area contributed by atoms with Crippen molar-refractivity contribution in [1.82, 2.24) is 15.2 Å². The second kappa shape index (κ2) is 6.01. The largest absolute Gasteiger partial charge is 0.466 e. The van der Waals surface area contributed by atoms with Crippen LogP contribution in [0.15, 0.2) is 30.3 Å². The van der Waals surface area contributed by atoms with Crippen molar-refractivity contribution >= 4 is 29.5 Å². The van der Waals surface area contributed by atoms with Gasteiger partial charge in [-0.1, -0.05) is 23.7 Å². The van der Waals surface area contributed by atoms with E-state index in [-0.39, 0.29) is 17.9 Å². The number of benzene rings is 1. The van der Waals surface area contributed by atoms with E-state index in [0.29, 0.717) is 5.02 Å². The van der Waals surface area contributed by atoms with Crippen molar-refractivity contribution in [1.29, 1.82) is 0 Å². The molecule has 1 aromatic heterocycles. The van der Waals surface area contributed by atoms with Crippen LogP contribution in [0.1, 0.15) is 5.56 Å². The van der Waals surface area contributed by atoms with Gasteiger partial charge in [-0.05, 0) is 23.8 Å². The van der Waals surface area contributed by atoms with E-state index in [1.807, 2.05) is 12.1 Å². The number of rotatable bonds is 4. The van der Waals surface area contributed by atoms with Crippen LogP contribution in [0, 0.1) is 0 Å². The number of aromatic nitrogens is 3. The van der Waals surface area contributed by atoms with Crippen LogP contribution in [0.2, 0.25) is 5.02 Å². The second-order valence-electron chi connectivity index (χ2n) is 3.54. The third kappa shape index (κ3) is 3.82. The number of amides is 1. The van der Waals surface area contributed by atoms with E-state index in [2.05, 4.69) is 20.5 Å². The number of anilines is 1. The minimum Gasteiger partial charge on any atom is -0.466 e. The lowest BCUT2D eigenvalue weighted by Crippen LogP contribution is -2.09. The van der Waals surface area contributed by atoms with E-state index in [4.69, 9.17) is 16.3 Å². The first-order chi connectivity index (χ1) is 9.17. The number of aromatic amines is 1. The van der Waals surface area contributed by atoms with E-state index in [1.54, 1.807) is 18.2 Å². The fourth-order valence-electron chi connectivity index (χ4n) is 1.30. The molecule has 0 bridgehead atoms. The molecule has 98 valence electrons. The number of nitrogens with zero attached hydrogens (tertiary/aromatic N) is 2. The third-order valence-electron chi connectivity index (χ3n) is 2.19. The van der Waals surface area contributed by atoms with E-state index < -0.39 is 0 Å². The number of hydrogen-bond donors (Lipinski definition) is 2. The SMILES string of the molecule is COc1n[nH]c(NC(=O)/C=C/c2ccc(Cl)cc2)n1. The summed E-state index contributed by atoms with van der Waals surface area (Å²) in [5, 5.41) is 9.39. The van der Waals surface area contributed by atoms with Crippen molar-refractivity contribution < 1.29 is 9.53 Å². The van der Waals surface area contributed by atoms with Gasteiger partial charge in [-0.25, -0.2) is 5.10 Å². The van der Waals surface area contributed by atoms with Crippen LogP contribution in [0.5, 0.6) is 6.01 Å². The maximum absolute atomic E-state index is 11.6. The maximum atomic E-state index is 11.6. The highest BCUT2D eigenvalue weighted by atomic mass is 35.5. The fraction of sp³-hybridized carbons (Fsp3) is 0.0833. The molecule has 0 unspecified atom stereocenters. The molecule has 2 rings (SSSR count). The normalized spacial score (nSPS) is 10.6. The number of carbonyl (C=O) groups excluding carboxylic acids is 1. The molecule has 0 fully saturated rings. The Bertz CT molecular complexity index is 592. The molecule has 2 N–H and O–H groups in total. The first-order valence-electron chi connectivity index (χ1n) is 5.38. The average molecular weight is 279 g/mol. The van der Waals surface area contributed by atoms with Crippen LogP contribution in [-0.4, -0.2) is 28.2 Å². The molecular formula is C12H11ClN4O2. The van der Waals surface area contributed by atoms with Crippen LogP contribution in [0.4, 0.5) is 5.95 Å². The molecule has 1 aromatic carbocycles. The number of ether oxygens (including phenoxy) is 1. The zero-order chi connectivity index (χ0) is 13.7. The van der Waals surface area contributed by atoms with Gasteiger partial charge in [0.1, 0.15) is 0 Å². The van der Waals surface area contributed by atoms with Gasteiger partial charge < -0.3 is 4.74 Å². The van der Waals surface area contributed by atoms with Crippen molar-refractivity contribution in [2.45, 2.75) is 0 Å². The summed E-state index contributed by atoms with van der Waals surface area (Å²) >= 11 is 5.76. The lowest BCUT2D eigenvalue weighted by molar-refractivity contribution is -0.111. The quantitative estimate of drug-likeness (QED) is 0.840. The fourth-order valence-corrected chi connectivity index (χ4v) is 1.42. The summed E-state index contributed by atoms with van der Waals surface area (Å²) in [6.07, 6.45) is 3.05. The van der Waals surface area contributed by atoms with E-state index in [9.17, 15) is 4.79 Å². The van der Waals surface area contributed by atoms with Crippen molar-refractivity contribution in [3.05, 3.63) is 40.9 Å². The van der Waals surface area contributed by atoms with Crippen molar-refractivity contribution in [3.63, 3.8) is 0 Å². The summed E-state index contributed by atoms with van der Waals surface area (Å²) in [5.74, 6) is -0.101.